The molecule has 9 heteroatoms. The topological polar surface area (TPSA) is 88.2 Å². The van der Waals surface area contributed by atoms with Gasteiger partial charge in [0.15, 0.2) is 0 Å². The van der Waals surface area contributed by atoms with E-state index in [0.717, 1.165) is 36.5 Å². The SMILES string of the molecule is CC(C)CN1CCOCCOc2ccc(C(=O)NCCc3ccc(S(=O)(=O)N(C)C)cc3)cc2Cc2cccc(c2)C1. The Morgan fingerprint density at radius 2 is 1.74 bits per heavy atom. The fourth-order valence-corrected chi connectivity index (χ4v) is 5.94. The van der Waals surface area contributed by atoms with Crippen LogP contribution in [0.3, 0.4) is 0 Å². The number of sulfonamides is 1. The second-order valence-corrected chi connectivity index (χ2v) is 13.5. The Labute approximate surface area is 250 Å². The maximum atomic E-state index is 13.1. The summed E-state index contributed by atoms with van der Waals surface area (Å²) in [6.07, 6.45) is 1.24. The molecule has 8 nitrogen and oxygen atoms in total. The molecular weight excluding hydrogens is 550 g/mol. The molecule has 0 saturated carbocycles. The van der Waals surface area contributed by atoms with Gasteiger partial charge < -0.3 is 14.8 Å². The number of nitrogens with one attached hydrogen (secondary N) is 1. The summed E-state index contributed by atoms with van der Waals surface area (Å²) in [7, 11) is -0.448. The number of nitrogens with zero attached hydrogens (tertiary/aromatic N) is 2. The van der Waals surface area contributed by atoms with E-state index in [9.17, 15) is 13.2 Å². The van der Waals surface area contributed by atoms with E-state index >= 15 is 0 Å². The average molecular weight is 594 g/mol. The fraction of sp³-hybridized carbons (Fsp3) is 0.424. The van der Waals surface area contributed by atoms with Gasteiger partial charge in [0.25, 0.3) is 5.91 Å². The van der Waals surface area contributed by atoms with Crippen LogP contribution < -0.4 is 10.1 Å². The number of carbonyl (C=O) groups excluding carboxylic acids is 1. The van der Waals surface area contributed by atoms with Gasteiger partial charge in [-0.1, -0.05) is 50.2 Å². The van der Waals surface area contributed by atoms with Gasteiger partial charge in [0, 0.05) is 52.3 Å². The molecule has 226 valence electrons. The molecular formula is C33H43N3O5S. The number of rotatable bonds is 8. The van der Waals surface area contributed by atoms with Gasteiger partial charge in [-0.25, -0.2) is 12.7 Å². The summed E-state index contributed by atoms with van der Waals surface area (Å²) < 4.78 is 37.8. The fourth-order valence-electron chi connectivity index (χ4n) is 5.03. The molecule has 1 amide bonds. The monoisotopic (exact) mass is 593 g/mol. The smallest absolute Gasteiger partial charge is 0.251 e. The van der Waals surface area contributed by atoms with Crippen LogP contribution in [0.4, 0.5) is 0 Å². The summed E-state index contributed by atoms with van der Waals surface area (Å²) in [5.74, 6) is 1.16. The van der Waals surface area contributed by atoms with Crippen molar-refractivity contribution in [2.24, 2.45) is 5.92 Å². The summed E-state index contributed by atoms with van der Waals surface area (Å²) in [4.78, 5) is 15.8. The van der Waals surface area contributed by atoms with E-state index in [1.165, 1.54) is 29.5 Å². The van der Waals surface area contributed by atoms with Gasteiger partial charge in [-0.2, -0.15) is 0 Å². The van der Waals surface area contributed by atoms with Crippen molar-refractivity contribution in [1.29, 1.82) is 0 Å². The van der Waals surface area contributed by atoms with Crippen LogP contribution in [0.1, 0.15) is 46.5 Å². The van der Waals surface area contributed by atoms with Crippen LogP contribution in [-0.2, 0) is 34.1 Å². The number of amides is 1. The highest BCUT2D eigenvalue weighted by atomic mass is 32.2. The van der Waals surface area contributed by atoms with Crippen LogP contribution in [0.2, 0.25) is 0 Å². The van der Waals surface area contributed by atoms with E-state index in [2.05, 4.69) is 48.3 Å². The lowest BCUT2D eigenvalue weighted by Gasteiger charge is -2.25. The summed E-state index contributed by atoms with van der Waals surface area (Å²) in [6.45, 7) is 9.26. The zero-order chi connectivity index (χ0) is 30.1. The van der Waals surface area contributed by atoms with Gasteiger partial charge >= 0.3 is 0 Å². The number of carbonyl (C=O) groups is 1. The van der Waals surface area contributed by atoms with Gasteiger partial charge in [0.05, 0.1) is 18.1 Å². The first-order valence-electron chi connectivity index (χ1n) is 14.5. The van der Waals surface area contributed by atoms with Crippen LogP contribution in [0.15, 0.2) is 71.6 Å². The molecule has 1 N–H and O–H groups in total. The Bertz CT molecular complexity index is 1440. The van der Waals surface area contributed by atoms with Gasteiger partial charge in [-0.15, -0.1) is 0 Å². The average Bonchev–Trinajstić information content (AvgIpc) is 2.95. The Kier molecular flexibility index (Phi) is 11.2. The predicted octanol–water partition coefficient (Wildman–Crippen LogP) is 4.37. The highest BCUT2D eigenvalue weighted by Crippen LogP contribution is 2.25. The first kappa shape index (κ1) is 31.7. The zero-order valence-electron chi connectivity index (χ0n) is 25.1. The maximum Gasteiger partial charge on any atom is 0.251 e. The van der Waals surface area contributed by atoms with Gasteiger partial charge in [0.2, 0.25) is 10.0 Å². The minimum atomic E-state index is -3.47. The van der Waals surface area contributed by atoms with E-state index in [1.807, 2.05) is 12.1 Å². The van der Waals surface area contributed by atoms with Crippen molar-refractivity contribution in [3.63, 3.8) is 0 Å². The van der Waals surface area contributed by atoms with Crippen molar-refractivity contribution in [3.8, 4) is 5.75 Å². The molecule has 0 spiro atoms. The van der Waals surface area contributed by atoms with Crippen molar-refractivity contribution in [3.05, 3.63) is 94.5 Å². The van der Waals surface area contributed by atoms with Crippen LogP contribution in [0.25, 0.3) is 0 Å². The van der Waals surface area contributed by atoms with E-state index in [1.54, 1.807) is 30.3 Å². The van der Waals surface area contributed by atoms with E-state index in [4.69, 9.17) is 9.47 Å². The second kappa shape index (κ2) is 14.8. The number of hydrogen-bond acceptors (Lipinski definition) is 6. The lowest BCUT2D eigenvalue weighted by atomic mass is 9.99. The largest absolute Gasteiger partial charge is 0.491 e. The maximum absolute atomic E-state index is 13.1. The van der Waals surface area contributed by atoms with Crippen LogP contribution in [-0.4, -0.2) is 77.1 Å². The molecule has 0 atom stereocenters. The third kappa shape index (κ3) is 8.88. The molecule has 1 aliphatic rings. The number of hydrogen-bond donors (Lipinski definition) is 1. The number of ether oxygens (including phenoxy) is 2. The highest BCUT2D eigenvalue weighted by molar-refractivity contribution is 7.89. The predicted molar refractivity (Wildman–Crippen MR) is 165 cm³/mol. The molecule has 0 aromatic heterocycles. The first-order chi connectivity index (χ1) is 20.1. The Balaban J connectivity index is 1.44. The van der Waals surface area contributed by atoms with Gasteiger partial charge in [-0.05, 0) is 64.9 Å². The first-order valence-corrected chi connectivity index (χ1v) is 16.0. The minimum Gasteiger partial charge on any atom is -0.491 e. The van der Waals surface area contributed by atoms with Crippen molar-refractivity contribution in [2.45, 2.75) is 38.1 Å². The standard InChI is InChI=1S/C33H43N3O5S/c1-25(2)23-36-16-17-40-18-19-41-32-13-10-29(22-30(32)21-27-6-5-7-28(20-27)24-36)33(37)34-15-14-26-8-11-31(12-9-26)42(38,39)35(3)4/h5-13,20,22,25H,14-19,21,23-24H2,1-4H3,(H,34,37). The summed E-state index contributed by atoms with van der Waals surface area (Å²) in [5, 5.41) is 3.00. The Morgan fingerprint density at radius 1 is 0.976 bits per heavy atom. The van der Waals surface area contributed by atoms with Crippen LogP contribution >= 0.6 is 0 Å². The summed E-state index contributed by atoms with van der Waals surface area (Å²) >= 11 is 0. The molecule has 0 fully saturated rings. The van der Waals surface area contributed by atoms with Crippen molar-refractivity contribution < 1.29 is 22.7 Å². The molecule has 4 rings (SSSR count). The highest BCUT2D eigenvalue weighted by Gasteiger charge is 2.17. The Morgan fingerprint density at radius 3 is 2.48 bits per heavy atom. The summed E-state index contributed by atoms with van der Waals surface area (Å²) in [6, 6.07) is 21.0. The van der Waals surface area contributed by atoms with Crippen LogP contribution in [0.5, 0.6) is 5.75 Å². The lowest BCUT2D eigenvalue weighted by Crippen LogP contribution is -2.31. The second-order valence-electron chi connectivity index (χ2n) is 11.3. The van der Waals surface area contributed by atoms with Crippen LogP contribution in [0, 0.1) is 5.92 Å². The van der Waals surface area contributed by atoms with Gasteiger partial charge in [0.1, 0.15) is 12.4 Å². The minimum absolute atomic E-state index is 0.162. The molecule has 2 bridgehead atoms. The molecule has 0 radical (unpaired) electrons. The third-order valence-electron chi connectivity index (χ3n) is 7.18. The third-order valence-corrected chi connectivity index (χ3v) is 9.01. The zero-order valence-corrected chi connectivity index (χ0v) is 26.0. The van der Waals surface area contributed by atoms with E-state index in [-0.39, 0.29) is 10.8 Å². The number of benzene rings is 3. The molecule has 0 saturated heterocycles. The van der Waals surface area contributed by atoms with Crippen molar-refractivity contribution in [2.75, 3.05) is 53.6 Å². The molecule has 1 aliphatic heterocycles. The van der Waals surface area contributed by atoms with E-state index in [0.29, 0.717) is 50.7 Å². The van der Waals surface area contributed by atoms with Crippen molar-refractivity contribution >= 4 is 15.9 Å². The van der Waals surface area contributed by atoms with Crippen molar-refractivity contribution in [1.82, 2.24) is 14.5 Å². The van der Waals surface area contributed by atoms with E-state index < -0.39 is 10.0 Å². The summed E-state index contributed by atoms with van der Waals surface area (Å²) in [5.41, 5.74) is 4.90. The Hall–Kier alpha value is -3.24. The lowest BCUT2D eigenvalue weighted by molar-refractivity contribution is 0.0746. The molecule has 42 heavy (non-hydrogen) atoms. The molecule has 3 aromatic carbocycles. The normalized spacial score (nSPS) is 15.1. The quantitative estimate of drug-likeness (QED) is 0.418. The molecule has 1 heterocycles. The van der Waals surface area contributed by atoms with Gasteiger partial charge in [-0.3, -0.25) is 9.69 Å². The molecule has 3 aromatic rings. The molecule has 0 aliphatic carbocycles. The molecule has 0 unspecified atom stereocenters. The number of fused-ring (bicyclic) bond motifs is 3.